The Labute approximate surface area is 208 Å². The van der Waals surface area contributed by atoms with E-state index in [-0.39, 0.29) is 5.91 Å². The van der Waals surface area contributed by atoms with Gasteiger partial charge in [0.2, 0.25) is 0 Å². The molecule has 178 valence electrons. The van der Waals surface area contributed by atoms with Crippen LogP contribution in [0.2, 0.25) is 0 Å². The van der Waals surface area contributed by atoms with E-state index in [4.69, 9.17) is 4.74 Å². The second-order valence-electron chi connectivity index (χ2n) is 8.91. The van der Waals surface area contributed by atoms with Gasteiger partial charge in [-0.05, 0) is 61.0 Å². The summed E-state index contributed by atoms with van der Waals surface area (Å²) in [5, 5.41) is 12.2. The largest absolute Gasteiger partial charge is 0.496 e. The standard InChI is InChI=1S/C29H25N5O2/c1-19-11-14-22(15-12-19)34-28(30-24-8-4-3-7-23(24)29(34)35)20-13-16-27(36-2)21(17-20)18-33-26-10-6-5-9-25(26)31-32-33/h3-17,28,30H,18H2,1-2H3/t28-/m0/s1. The van der Waals surface area contributed by atoms with E-state index in [0.29, 0.717) is 12.1 Å². The summed E-state index contributed by atoms with van der Waals surface area (Å²) in [6.45, 7) is 2.52. The highest BCUT2D eigenvalue weighted by atomic mass is 16.5. The van der Waals surface area contributed by atoms with Gasteiger partial charge in [-0.3, -0.25) is 9.69 Å². The zero-order valence-electron chi connectivity index (χ0n) is 20.1. The van der Waals surface area contributed by atoms with Crippen LogP contribution >= 0.6 is 0 Å². The van der Waals surface area contributed by atoms with Crippen LogP contribution in [0.5, 0.6) is 5.75 Å². The summed E-state index contributed by atoms with van der Waals surface area (Å²) < 4.78 is 7.55. The van der Waals surface area contributed by atoms with Gasteiger partial charge in [-0.15, -0.1) is 5.10 Å². The Bertz CT molecular complexity index is 1570. The highest BCUT2D eigenvalue weighted by Crippen LogP contribution is 2.38. The number of aryl methyl sites for hydroxylation is 1. The average Bonchev–Trinajstić information content (AvgIpc) is 3.32. The van der Waals surface area contributed by atoms with Crippen molar-refractivity contribution in [1.29, 1.82) is 0 Å². The van der Waals surface area contributed by atoms with Gasteiger partial charge in [0.05, 0.1) is 24.7 Å². The van der Waals surface area contributed by atoms with Gasteiger partial charge < -0.3 is 10.1 Å². The molecule has 0 saturated carbocycles. The summed E-state index contributed by atoms with van der Waals surface area (Å²) in [5.74, 6) is 0.709. The summed E-state index contributed by atoms with van der Waals surface area (Å²) in [5.41, 5.74) is 7.12. The number of anilines is 2. The Morgan fingerprint density at radius 3 is 2.56 bits per heavy atom. The fourth-order valence-electron chi connectivity index (χ4n) is 4.75. The van der Waals surface area contributed by atoms with E-state index in [1.807, 2.05) is 101 Å². The molecule has 1 aliphatic rings. The highest BCUT2D eigenvalue weighted by Gasteiger charge is 2.34. The molecule has 0 aliphatic carbocycles. The molecule has 0 unspecified atom stereocenters. The fraction of sp³-hybridized carbons (Fsp3) is 0.138. The Kier molecular flexibility index (Phi) is 5.37. The summed E-state index contributed by atoms with van der Waals surface area (Å²) in [7, 11) is 1.66. The molecule has 1 atom stereocenters. The maximum absolute atomic E-state index is 13.7. The smallest absolute Gasteiger partial charge is 0.262 e. The van der Waals surface area contributed by atoms with Crippen molar-refractivity contribution >= 4 is 28.3 Å². The number of carbonyl (C=O) groups is 1. The van der Waals surface area contributed by atoms with Crippen LogP contribution in [0.4, 0.5) is 11.4 Å². The molecule has 4 aromatic carbocycles. The molecule has 0 saturated heterocycles. The lowest BCUT2D eigenvalue weighted by molar-refractivity contribution is 0.0975. The molecule has 0 bridgehead atoms. The third-order valence-electron chi connectivity index (χ3n) is 6.60. The van der Waals surface area contributed by atoms with E-state index in [2.05, 4.69) is 21.7 Å². The van der Waals surface area contributed by atoms with Crippen molar-refractivity contribution in [3.8, 4) is 5.75 Å². The number of benzene rings is 4. The molecular formula is C29H25N5O2. The quantitative estimate of drug-likeness (QED) is 0.360. The molecule has 7 heteroatoms. The third-order valence-corrected chi connectivity index (χ3v) is 6.60. The van der Waals surface area contributed by atoms with E-state index >= 15 is 0 Å². The van der Waals surface area contributed by atoms with Crippen LogP contribution in [0, 0.1) is 6.92 Å². The number of nitrogens with one attached hydrogen (secondary N) is 1. The van der Waals surface area contributed by atoms with E-state index < -0.39 is 6.17 Å². The number of fused-ring (bicyclic) bond motifs is 2. The zero-order chi connectivity index (χ0) is 24.6. The lowest BCUT2D eigenvalue weighted by atomic mass is 10.0. The summed E-state index contributed by atoms with van der Waals surface area (Å²) in [6, 6.07) is 29.6. The van der Waals surface area contributed by atoms with Crippen molar-refractivity contribution in [2.45, 2.75) is 19.6 Å². The molecule has 6 rings (SSSR count). The number of para-hydroxylation sites is 2. The van der Waals surface area contributed by atoms with Crippen molar-refractivity contribution in [1.82, 2.24) is 15.0 Å². The normalized spacial score (nSPS) is 15.0. The lowest BCUT2D eigenvalue weighted by Gasteiger charge is -2.38. The number of ether oxygens (including phenoxy) is 1. The predicted octanol–water partition coefficient (Wildman–Crippen LogP) is 5.57. The van der Waals surface area contributed by atoms with Crippen molar-refractivity contribution in [2.24, 2.45) is 0 Å². The fourth-order valence-corrected chi connectivity index (χ4v) is 4.75. The first-order valence-electron chi connectivity index (χ1n) is 11.8. The molecule has 1 aliphatic heterocycles. The molecule has 1 amide bonds. The number of carbonyl (C=O) groups excluding carboxylic acids is 1. The van der Waals surface area contributed by atoms with E-state index in [0.717, 1.165) is 44.8 Å². The van der Waals surface area contributed by atoms with Gasteiger partial charge in [-0.1, -0.05) is 53.2 Å². The van der Waals surface area contributed by atoms with Gasteiger partial charge >= 0.3 is 0 Å². The maximum Gasteiger partial charge on any atom is 0.262 e. The molecular weight excluding hydrogens is 450 g/mol. The van der Waals surface area contributed by atoms with Crippen molar-refractivity contribution in [3.63, 3.8) is 0 Å². The van der Waals surface area contributed by atoms with Crippen LogP contribution in [-0.2, 0) is 6.54 Å². The van der Waals surface area contributed by atoms with Crippen molar-refractivity contribution < 1.29 is 9.53 Å². The van der Waals surface area contributed by atoms with Gasteiger partial charge in [-0.25, -0.2) is 4.68 Å². The first-order valence-corrected chi connectivity index (χ1v) is 11.8. The number of rotatable bonds is 5. The molecule has 7 nitrogen and oxygen atoms in total. The van der Waals surface area contributed by atoms with Crippen LogP contribution in [0.25, 0.3) is 11.0 Å². The minimum Gasteiger partial charge on any atom is -0.496 e. The summed E-state index contributed by atoms with van der Waals surface area (Å²) in [4.78, 5) is 15.6. The Morgan fingerprint density at radius 1 is 0.944 bits per heavy atom. The van der Waals surface area contributed by atoms with Gasteiger partial charge in [0, 0.05) is 16.9 Å². The molecule has 5 aromatic rings. The van der Waals surface area contributed by atoms with Crippen LogP contribution in [0.1, 0.15) is 33.2 Å². The predicted molar refractivity (Wildman–Crippen MR) is 140 cm³/mol. The number of nitrogens with zero attached hydrogens (tertiary/aromatic N) is 4. The number of amides is 1. The first kappa shape index (κ1) is 21.9. The molecule has 36 heavy (non-hydrogen) atoms. The zero-order valence-corrected chi connectivity index (χ0v) is 20.1. The van der Waals surface area contributed by atoms with Crippen LogP contribution in [0.15, 0.2) is 91.0 Å². The lowest BCUT2D eigenvalue weighted by Crippen LogP contribution is -2.43. The Hall–Kier alpha value is -4.65. The van der Waals surface area contributed by atoms with Crippen molar-refractivity contribution in [3.05, 3.63) is 113 Å². The van der Waals surface area contributed by atoms with Gasteiger partial charge in [0.1, 0.15) is 17.4 Å². The second kappa shape index (κ2) is 8.85. The summed E-state index contributed by atoms with van der Waals surface area (Å²) >= 11 is 0. The number of hydrogen-bond acceptors (Lipinski definition) is 5. The molecule has 1 N–H and O–H groups in total. The monoisotopic (exact) mass is 475 g/mol. The topological polar surface area (TPSA) is 72.3 Å². The van der Waals surface area contributed by atoms with Crippen LogP contribution in [-0.4, -0.2) is 28.0 Å². The molecule has 0 spiro atoms. The minimum absolute atomic E-state index is 0.0437. The SMILES string of the molecule is COc1ccc([C@H]2Nc3ccccc3C(=O)N2c2ccc(C)cc2)cc1Cn1nnc2ccccc21. The third kappa shape index (κ3) is 3.75. The average molecular weight is 476 g/mol. The molecule has 0 fully saturated rings. The summed E-state index contributed by atoms with van der Waals surface area (Å²) in [6.07, 6.45) is -0.396. The van der Waals surface area contributed by atoms with Gasteiger partial charge in [0.25, 0.3) is 5.91 Å². The Balaban J connectivity index is 1.44. The highest BCUT2D eigenvalue weighted by molar-refractivity contribution is 6.12. The van der Waals surface area contributed by atoms with E-state index in [1.165, 1.54) is 0 Å². The number of aromatic nitrogens is 3. The van der Waals surface area contributed by atoms with Gasteiger partial charge in [-0.2, -0.15) is 0 Å². The van der Waals surface area contributed by atoms with Gasteiger partial charge in [0.15, 0.2) is 0 Å². The number of hydrogen-bond donors (Lipinski definition) is 1. The van der Waals surface area contributed by atoms with E-state index in [9.17, 15) is 4.79 Å². The minimum atomic E-state index is -0.396. The molecule has 0 radical (unpaired) electrons. The maximum atomic E-state index is 13.7. The Morgan fingerprint density at radius 2 is 1.72 bits per heavy atom. The van der Waals surface area contributed by atoms with Crippen LogP contribution < -0.4 is 15.0 Å². The molecule has 2 heterocycles. The second-order valence-corrected chi connectivity index (χ2v) is 8.91. The number of methoxy groups -OCH3 is 1. The van der Waals surface area contributed by atoms with E-state index in [1.54, 1.807) is 7.11 Å². The van der Waals surface area contributed by atoms with Crippen molar-refractivity contribution in [2.75, 3.05) is 17.3 Å². The first-order chi connectivity index (χ1) is 17.6. The molecule has 1 aromatic heterocycles. The van der Waals surface area contributed by atoms with Crippen LogP contribution in [0.3, 0.4) is 0 Å².